The summed E-state index contributed by atoms with van der Waals surface area (Å²) in [6.45, 7) is 1.77. The minimum atomic E-state index is -0.620. The Balaban J connectivity index is 2.50. The number of aromatic nitrogens is 2. The van der Waals surface area contributed by atoms with Crippen molar-refractivity contribution in [2.45, 2.75) is 6.92 Å². The summed E-state index contributed by atoms with van der Waals surface area (Å²) in [5.74, 6) is 0.203. The third-order valence-corrected chi connectivity index (χ3v) is 2.73. The molecule has 106 valence electrons. The van der Waals surface area contributed by atoms with Crippen molar-refractivity contribution in [1.29, 1.82) is 5.26 Å². The van der Waals surface area contributed by atoms with Gasteiger partial charge in [0, 0.05) is 7.05 Å². The van der Waals surface area contributed by atoms with E-state index in [1.54, 1.807) is 19.1 Å². The number of aryl methyl sites for hydroxylation is 1. The number of ether oxygens (including phenoxy) is 1. The standard InChI is InChI=1S/C13H11N5O3/c1-8-3-4-9(6-14)5-10(8)21-13-11(18(19)20)12(15-2)16-7-17-13/h3-5,7H,1-2H3,(H,15,16,17). The molecule has 0 fully saturated rings. The first kappa shape index (κ1) is 14.2. The molecule has 21 heavy (non-hydrogen) atoms. The zero-order valence-electron chi connectivity index (χ0n) is 11.3. The van der Waals surface area contributed by atoms with Crippen molar-refractivity contribution in [3.05, 3.63) is 45.8 Å². The van der Waals surface area contributed by atoms with Crippen LogP contribution in [0.15, 0.2) is 24.5 Å². The highest BCUT2D eigenvalue weighted by Gasteiger charge is 2.24. The number of benzene rings is 1. The Hall–Kier alpha value is -3.21. The first-order valence-electron chi connectivity index (χ1n) is 5.92. The van der Waals surface area contributed by atoms with Gasteiger partial charge in [-0.1, -0.05) is 6.07 Å². The van der Waals surface area contributed by atoms with Crippen molar-refractivity contribution in [2.75, 3.05) is 12.4 Å². The molecule has 1 aromatic heterocycles. The lowest BCUT2D eigenvalue weighted by molar-refractivity contribution is -0.385. The van der Waals surface area contributed by atoms with Crippen LogP contribution in [0.1, 0.15) is 11.1 Å². The van der Waals surface area contributed by atoms with Gasteiger partial charge in [0.15, 0.2) is 0 Å². The number of rotatable bonds is 4. The zero-order valence-corrected chi connectivity index (χ0v) is 11.3. The quantitative estimate of drug-likeness (QED) is 0.677. The molecule has 0 aliphatic heterocycles. The van der Waals surface area contributed by atoms with Gasteiger partial charge in [-0.15, -0.1) is 0 Å². The molecule has 0 aliphatic rings. The molecule has 0 bridgehead atoms. The van der Waals surface area contributed by atoms with Gasteiger partial charge in [-0.3, -0.25) is 10.1 Å². The summed E-state index contributed by atoms with van der Waals surface area (Å²) in [6.07, 6.45) is 1.16. The number of nitriles is 1. The molecule has 0 saturated carbocycles. The summed E-state index contributed by atoms with van der Waals surface area (Å²) < 4.78 is 5.50. The van der Waals surface area contributed by atoms with E-state index in [4.69, 9.17) is 10.00 Å². The molecule has 2 rings (SSSR count). The molecule has 1 N–H and O–H groups in total. The van der Waals surface area contributed by atoms with Gasteiger partial charge < -0.3 is 10.1 Å². The molecule has 8 nitrogen and oxygen atoms in total. The number of nitrogens with zero attached hydrogens (tertiary/aromatic N) is 4. The zero-order chi connectivity index (χ0) is 15.4. The highest BCUT2D eigenvalue weighted by Crippen LogP contribution is 2.34. The molecule has 0 radical (unpaired) electrons. The molecule has 0 amide bonds. The van der Waals surface area contributed by atoms with Crippen LogP contribution < -0.4 is 10.1 Å². The molecule has 1 aromatic carbocycles. The van der Waals surface area contributed by atoms with Crippen molar-refractivity contribution in [1.82, 2.24) is 9.97 Å². The predicted octanol–water partition coefficient (Wildman–Crippen LogP) is 2.40. The van der Waals surface area contributed by atoms with Crippen LogP contribution in [0.2, 0.25) is 0 Å². The lowest BCUT2D eigenvalue weighted by Crippen LogP contribution is -2.03. The van der Waals surface area contributed by atoms with Gasteiger partial charge in [0.2, 0.25) is 5.82 Å². The van der Waals surface area contributed by atoms with Gasteiger partial charge in [-0.2, -0.15) is 10.2 Å². The van der Waals surface area contributed by atoms with Crippen molar-refractivity contribution in [3.63, 3.8) is 0 Å². The van der Waals surface area contributed by atoms with Crippen LogP contribution in [-0.2, 0) is 0 Å². The second-order valence-corrected chi connectivity index (χ2v) is 4.08. The molecular weight excluding hydrogens is 274 g/mol. The first-order valence-corrected chi connectivity index (χ1v) is 5.92. The van der Waals surface area contributed by atoms with Crippen molar-refractivity contribution < 1.29 is 9.66 Å². The molecule has 0 unspecified atom stereocenters. The molecule has 2 aromatic rings. The number of anilines is 1. The summed E-state index contributed by atoms with van der Waals surface area (Å²) in [7, 11) is 1.51. The average molecular weight is 285 g/mol. The van der Waals surface area contributed by atoms with Crippen LogP contribution >= 0.6 is 0 Å². The highest BCUT2D eigenvalue weighted by molar-refractivity contribution is 5.61. The van der Waals surface area contributed by atoms with E-state index < -0.39 is 4.92 Å². The lowest BCUT2D eigenvalue weighted by atomic mass is 10.1. The van der Waals surface area contributed by atoms with E-state index in [1.807, 2.05) is 6.07 Å². The van der Waals surface area contributed by atoms with Crippen LogP contribution in [0.3, 0.4) is 0 Å². The van der Waals surface area contributed by atoms with Crippen LogP contribution in [-0.4, -0.2) is 21.9 Å². The monoisotopic (exact) mass is 285 g/mol. The lowest BCUT2D eigenvalue weighted by Gasteiger charge is -2.09. The molecule has 8 heteroatoms. The molecular formula is C13H11N5O3. The Kier molecular flexibility index (Phi) is 3.95. The maximum atomic E-state index is 11.2. The minimum Gasteiger partial charge on any atom is -0.433 e. The Bertz CT molecular complexity index is 739. The van der Waals surface area contributed by atoms with Crippen LogP contribution in [0, 0.1) is 28.4 Å². The Morgan fingerprint density at radius 1 is 1.43 bits per heavy atom. The predicted molar refractivity (Wildman–Crippen MR) is 74.2 cm³/mol. The maximum absolute atomic E-state index is 11.2. The van der Waals surface area contributed by atoms with Crippen molar-refractivity contribution in [3.8, 4) is 17.7 Å². The Morgan fingerprint density at radius 2 is 2.19 bits per heavy atom. The Labute approximate surface area is 120 Å². The topological polar surface area (TPSA) is 114 Å². The Morgan fingerprint density at radius 3 is 2.81 bits per heavy atom. The number of nitro groups is 1. The van der Waals surface area contributed by atoms with E-state index in [0.717, 1.165) is 11.9 Å². The van der Waals surface area contributed by atoms with Crippen LogP contribution in [0.25, 0.3) is 0 Å². The van der Waals surface area contributed by atoms with Crippen LogP contribution in [0.4, 0.5) is 11.5 Å². The molecule has 1 heterocycles. The fraction of sp³-hybridized carbons (Fsp3) is 0.154. The van der Waals surface area contributed by atoms with E-state index in [1.165, 1.54) is 13.1 Å². The largest absolute Gasteiger partial charge is 0.433 e. The minimum absolute atomic E-state index is 0.0547. The molecule has 0 saturated heterocycles. The first-order chi connectivity index (χ1) is 10.1. The van der Waals surface area contributed by atoms with E-state index in [9.17, 15) is 10.1 Å². The van der Waals surface area contributed by atoms with Gasteiger partial charge in [0.05, 0.1) is 16.6 Å². The second kappa shape index (κ2) is 5.83. The van der Waals surface area contributed by atoms with Gasteiger partial charge in [0.25, 0.3) is 0 Å². The number of hydrogen-bond acceptors (Lipinski definition) is 7. The van der Waals surface area contributed by atoms with Gasteiger partial charge >= 0.3 is 11.6 Å². The summed E-state index contributed by atoms with van der Waals surface area (Å²) in [4.78, 5) is 18.1. The summed E-state index contributed by atoms with van der Waals surface area (Å²) in [6, 6.07) is 6.81. The number of hydrogen-bond donors (Lipinski definition) is 1. The molecule has 0 spiro atoms. The van der Waals surface area contributed by atoms with E-state index in [2.05, 4.69) is 15.3 Å². The van der Waals surface area contributed by atoms with Gasteiger partial charge in [-0.05, 0) is 24.6 Å². The average Bonchev–Trinajstić information content (AvgIpc) is 2.48. The SMILES string of the molecule is CNc1ncnc(Oc2cc(C#N)ccc2C)c1[N+](=O)[O-]. The fourth-order valence-corrected chi connectivity index (χ4v) is 1.67. The van der Waals surface area contributed by atoms with E-state index in [0.29, 0.717) is 11.3 Å². The summed E-state index contributed by atoms with van der Waals surface area (Å²) in [5, 5.41) is 22.7. The number of nitrogens with one attached hydrogen (secondary N) is 1. The normalized spacial score (nSPS) is 9.76. The van der Waals surface area contributed by atoms with Gasteiger partial charge in [-0.25, -0.2) is 4.98 Å². The molecule has 0 aliphatic carbocycles. The highest BCUT2D eigenvalue weighted by atomic mass is 16.6. The third kappa shape index (κ3) is 2.87. The summed E-state index contributed by atoms with van der Waals surface area (Å²) >= 11 is 0. The van der Waals surface area contributed by atoms with Crippen molar-refractivity contribution >= 4 is 11.5 Å². The van der Waals surface area contributed by atoms with E-state index in [-0.39, 0.29) is 17.4 Å². The van der Waals surface area contributed by atoms with Gasteiger partial charge in [0.1, 0.15) is 12.1 Å². The smallest absolute Gasteiger partial charge is 0.373 e. The third-order valence-electron chi connectivity index (χ3n) is 2.73. The summed E-state index contributed by atoms with van der Waals surface area (Å²) in [5.41, 5.74) is 0.760. The second-order valence-electron chi connectivity index (χ2n) is 4.08. The maximum Gasteiger partial charge on any atom is 0.373 e. The van der Waals surface area contributed by atoms with Crippen LogP contribution in [0.5, 0.6) is 11.6 Å². The fourth-order valence-electron chi connectivity index (χ4n) is 1.67. The molecule has 0 atom stereocenters. The van der Waals surface area contributed by atoms with E-state index >= 15 is 0 Å². The van der Waals surface area contributed by atoms with Crippen molar-refractivity contribution in [2.24, 2.45) is 0 Å².